The Morgan fingerprint density at radius 1 is 1.15 bits per heavy atom. The van der Waals surface area contributed by atoms with Gasteiger partial charge in [-0.15, -0.1) is 0 Å². The normalized spacial score (nSPS) is 14.5. The van der Waals surface area contributed by atoms with Crippen molar-refractivity contribution in [3.63, 3.8) is 0 Å². The highest BCUT2D eigenvalue weighted by Crippen LogP contribution is 2.17. The molecule has 0 fully saturated rings. The van der Waals surface area contributed by atoms with Gasteiger partial charge in [0.05, 0.1) is 6.10 Å². The van der Waals surface area contributed by atoms with Gasteiger partial charge in [-0.3, -0.25) is 0 Å². The van der Waals surface area contributed by atoms with Crippen LogP contribution >= 0.6 is 15.9 Å². The molecule has 0 heterocycles. The number of hydrogen-bond acceptors (Lipinski definition) is 2. The Balaban J connectivity index is 2.78. The summed E-state index contributed by atoms with van der Waals surface area (Å²) in [5.41, 5.74) is 1.35. The van der Waals surface area contributed by atoms with Gasteiger partial charge in [0, 0.05) is 17.1 Å². The first-order chi connectivity index (χ1) is 9.58. The van der Waals surface area contributed by atoms with Crippen LogP contribution in [0.2, 0.25) is 0 Å². The molecule has 0 spiro atoms. The molecule has 114 valence electrons. The third-order valence-corrected chi connectivity index (χ3v) is 3.97. The first-order valence-corrected chi connectivity index (χ1v) is 8.47. The van der Waals surface area contributed by atoms with Gasteiger partial charge in [-0.05, 0) is 49.9 Å². The first kappa shape index (κ1) is 17.7. The fourth-order valence-electron chi connectivity index (χ4n) is 2.47. The predicted octanol–water partition coefficient (Wildman–Crippen LogP) is 4.42. The third kappa shape index (κ3) is 5.94. The zero-order chi connectivity index (χ0) is 15.0. The third-order valence-electron chi connectivity index (χ3n) is 3.44. The molecular formula is C17H28BrNO. The van der Waals surface area contributed by atoms with Gasteiger partial charge in [0.15, 0.2) is 0 Å². The Kier molecular flexibility index (Phi) is 8.43. The van der Waals surface area contributed by atoms with Crippen molar-refractivity contribution < 1.29 is 4.74 Å². The molecule has 1 N–H and O–H groups in total. The summed E-state index contributed by atoms with van der Waals surface area (Å²) in [6.07, 6.45) is 2.42. The van der Waals surface area contributed by atoms with Crippen LogP contribution < -0.4 is 5.32 Å². The van der Waals surface area contributed by atoms with E-state index in [0.717, 1.165) is 30.5 Å². The van der Waals surface area contributed by atoms with Gasteiger partial charge in [0.1, 0.15) is 0 Å². The van der Waals surface area contributed by atoms with E-state index in [1.807, 2.05) is 0 Å². The number of nitrogens with one attached hydrogen (secondary N) is 1. The molecule has 0 aliphatic carbocycles. The molecule has 2 unspecified atom stereocenters. The second kappa shape index (κ2) is 9.54. The molecule has 1 aromatic carbocycles. The standard InChI is InChI=1S/C17H28BrNO/c1-5-11-19-16(17(13(3)4)20-6-2)12-14-7-9-15(18)10-8-14/h7-10,13,16-17,19H,5-6,11-12H2,1-4H3. The maximum Gasteiger partial charge on any atom is 0.0753 e. The van der Waals surface area contributed by atoms with Gasteiger partial charge in [-0.25, -0.2) is 0 Å². The van der Waals surface area contributed by atoms with Crippen LogP contribution in [0, 0.1) is 5.92 Å². The predicted molar refractivity (Wildman–Crippen MR) is 90.2 cm³/mol. The summed E-state index contributed by atoms with van der Waals surface area (Å²) in [4.78, 5) is 0. The molecule has 1 rings (SSSR count). The minimum Gasteiger partial charge on any atom is -0.377 e. The monoisotopic (exact) mass is 341 g/mol. The highest BCUT2D eigenvalue weighted by Gasteiger charge is 2.24. The van der Waals surface area contributed by atoms with E-state index < -0.39 is 0 Å². The Morgan fingerprint density at radius 2 is 1.80 bits per heavy atom. The molecule has 0 bridgehead atoms. The quantitative estimate of drug-likeness (QED) is 0.717. The molecule has 0 saturated heterocycles. The van der Waals surface area contributed by atoms with E-state index >= 15 is 0 Å². The smallest absolute Gasteiger partial charge is 0.0753 e. The molecule has 20 heavy (non-hydrogen) atoms. The second-order valence-electron chi connectivity index (χ2n) is 5.56. The molecular weight excluding hydrogens is 314 g/mol. The summed E-state index contributed by atoms with van der Waals surface area (Å²) < 4.78 is 7.12. The van der Waals surface area contributed by atoms with E-state index in [2.05, 4.69) is 73.2 Å². The summed E-state index contributed by atoms with van der Waals surface area (Å²) in [5.74, 6) is 0.514. The molecule has 0 saturated carbocycles. The lowest BCUT2D eigenvalue weighted by atomic mass is 9.93. The van der Waals surface area contributed by atoms with Crippen molar-refractivity contribution >= 4 is 15.9 Å². The van der Waals surface area contributed by atoms with Crippen LogP contribution in [0.5, 0.6) is 0 Å². The molecule has 3 heteroatoms. The average Bonchev–Trinajstić information content (AvgIpc) is 2.43. The Hall–Kier alpha value is -0.380. The van der Waals surface area contributed by atoms with E-state index in [1.165, 1.54) is 5.56 Å². The second-order valence-corrected chi connectivity index (χ2v) is 6.47. The van der Waals surface area contributed by atoms with Crippen molar-refractivity contribution in [3.8, 4) is 0 Å². The number of benzene rings is 1. The SMILES string of the molecule is CCCNC(Cc1ccc(Br)cc1)C(OCC)C(C)C. The zero-order valence-corrected chi connectivity index (χ0v) is 14.7. The lowest BCUT2D eigenvalue weighted by Gasteiger charge is -2.31. The molecule has 0 aromatic heterocycles. The zero-order valence-electron chi connectivity index (χ0n) is 13.2. The summed E-state index contributed by atoms with van der Waals surface area (Å²) in [5, 5.41) is 3.66. The molecule has 2 atom stereocenters. The van der Waals surface area contributed by atoms with Crippen molar-refractivity contribution in [3.05, 3.63) is 34.3 Å². The van der Waals surface area contributed by atoms with E-state index in [1.54, 1.807) is 0 Å². The lowest BCUT2D eigenvalue weighted by molar-refractivity contribution is 0.00362. The van der Waals surface area contributed by atoms with Gasteiger partial charge in [0.25, 0.3) is 0 Å². The van der Waals surface area contributed by atoms with Crippen molar-refractivity contribution in [1.82, 2.24) is 5.32 Å². The maximum atomic E-state index is 5.99. The summed E-state index contributed by atoms with van der Waals surface area (Å²) in [6, 6.07) is 8.97. The highest BCUT2D eigenvalue weighted by atomic mass is 79.9. The number of hydrogen-bond donors (Lipinski definition) is 1. The minimum atomic E-state index is 0.259. The van der Waals surface area contributed by atoms with Crippen LogP contribution in [-0.4, -0.2) is 25.3 Å². The van der Waals surface area contributed by atoms with Crippen LogP contribution in [0.1, 0.15) is 39.7 Å². The Morgan fingerprint density at radius 3 is 2.30 bits per heavy atom. The summed E-state index contributed by atoms with van der Waals surface area (Å²) in [7, 11) is 0. The van der Waals surface area contributed by atoms with Crippen LogP contribution in [-0.2, 0) is 11.2 Å². The van der Waals surface area contributed by atoms with Crippen LogP contribution in [0.3, 0.4) is 0 Å². The minimum absolute atomic E-state index is 0.259. The largest absolute Gasteiger partial charge is 0.377 e. The maximum absolute atomic E-state index is 5.99. The topological polar surface area (TPSA) is 21.3 Å². The molecule has 0 amide bonds. The summed E-state index contributed by atoms with van der Waals surface area (Å²) >= 11 is 3.49. The Bertz CT molecular complexity index is 364. The van der Waals surface area contributed by atoms with Gasteiger partial charge in [-0.2, -0.15) is 0 Å². The van der Waals surface area contributed by atoms with E-state index in [9.17, 15) is 0 Å². The van der Waals surface area contributed by atoms with Gasteiger partial charge in [-0.1, -0.05) is 48.8 Å². The molecule has 0 aliphatic rings. The molecule has 1 aromatic rings. The molecule has 0 aliphatic heterocycles. The highest BCUT2D eigenvalue weighted by molar-refractivity contribution is 9.10. The molecule has 0 radical (unpaired) electrons. The fraction of sp³-hybridized carbons (Fsp3) is 0.647. The van der Waals surface area contributed by atoms with Crippen LogP contribution in [0.15, 0.2) is 28.7 Å². The Labute approximate surface area is 132 Å². The number of halogens is 1. The van der Waals surface area contributed by atoms with Crippen LogP contribution in [0.4, 0.5) is 0 Å². The van der Waals surface area contributed by atoms with Crippen molar-refractivity contribution in [2.75, 3.05) is 13.2 Å². The van der Waals surface area contributed by atoms with Crippen molar-refractivity contribution in [2.24, 2.45) is 5.92 Å². The fourth-order valence-corrected chi connectivity index (χ4v) is 2.74. The van der Waals surface area contributed by atoms with Gasteiger partial charge < -0.3 is 10.1 Å². The summed E-state index contributed by atoms with van der Waals surface area (Å²) in [6.45, 7) is 10.6. The first-order valence-electron chi connectivity index (χ1n) is 7.67. The van der Waals surface area contributed by atoms with E-state index in [0.29, 0.717) is 12.0 Å². The number of rotatable bonds is 9. The van der Waals surface area contributed by atoms with Gasteiger partial charge >= 0.3 is 0 Å². The number of ether oxygens (including phenoxy) is 1. The van der Waals surface area contributed by atoms with E-state index in [-0.39, 0.29) is 6.10 Å². The van der Waals surface area contributed by atoms with E-state index in [4.69, 9.17) is 4.74 Å². The van der Waals surface area contributed by atoms with Gasteiger partial charge in [0.2, 0.25) is 0 Å². The van der Waals surface area contributed by atoms with Crippen LogP contribution in [0.25, 0.3) is 0 Å². The lowest BCUT2D eigenvalue weighted by Crippen LogP contribution is -2.46. The molecule has 2 nitrogen and oxygen atoms in total. The van der Waals surface area contributed by atoms with Crippen molar-refractivity contribution in [1.29, 1.82) is 0 Å². The van der Waals surface area contributed by atoms with Crippen molar-refractivity contribution in [2.45, 2.75) is 52.7 Å². The average molecular weight is 342 g/mol.